The molecule has 0 heterocycles. The van der Waals surface area contributed by atoms with Crippen molar-refractivity contribution in [3.63, 3.8) is 0 Å². The Morgan fingerprint density at radius 1 is 1.22 bits per heavy atom. The summed E-state index contributed by atoms with van der Waals surface area (Å²) in [4.78, 5) is 0. The number of rotatable bonds is 7. The van der Waals surface area contributed by atoms with Crippen molar-refractivity contribution < 1.29 is 10.2 Å². The fourth-order valence-corrected chi connectivity index (χ4v) is 2.82. The summed E-state index contributed by atoms with van der Waals surface area (Å²) >= 11 is 0. The number of aliphatic hydroxyl groups is 2. The average molecular weight is 257 g/mol. The van der Waals surface area contributed by atoms with Gasteiger partial charge in [-0.05, 0) is 44.4 Å². The molecular formula is C15H31NO2. The first kappa shape index (κ1) is 15.9. The average Bonchev–Trinajstić information content (AvgIpc) is 2.39. The van der Waals surface area contributed by atoms with E-state index in [1.54, 1.807) is 0 Å². The Bertz CT molecular complexity index is 222. The fourth-order valence-electron chi connectivity index (χ4n) is 2.82. The van der Waals surface area contributed by atoms with E-state index in [4.69, 9.17) is 0 Å². The molecule has 0 aromatic carbocycles. The SMILES string of the molecule is CCC(CC)(CO)CNCC1(O)CCC(C)CC1. The van der Waals surface area contributed by atoms with Gasteiger partial charge in [-0.1, -0.05) is 20.8 Å². The van der Waals surface area contributed by atoms with Crippen LogP contribution in [0.1, 0.15) is 59.3 Å². The van der Waals surface area contributed by atoms with Gasteiger partial charge in [0.1, 0.15) is 0 Å². The highest BCUT2D eigenvalue weighted by Crippen LogP contribution is 2.31. The van der Waals surface area contributed by atoms with Gasteiger partial charge in [0.05, 0.1) is 5.60 Å². The van der Waals surface area contributed by atoms with Gasteiger partial charge < -0.3 is 15.5 Å². The molecule has 0 aromatic rings. The molecule has 0 aromatic heterocycles. The minimum Gasteiger partial charge on any atom is -0.396 e. The zero-order valence-corrected chi connectivity index (χ0v) is 12.3. The van der Waals surface area contributed by atoms with Crippen molar-refractivity contribution in [1.82, 2.24) is 5.32 Å². The van der Waals surface area contributed by atoms with Gasteiger partial charge in [0, 0.05) is 25.1 Å². The van der Waals surface area contributed by atoms with Crippen LogP contribution in [-0.4, -0.2) is 35.5 Å². The molecule has 108 valence electrons. The summed E-state index contributed by atoms with van der Waals surface area (Å²) < 4.78 is 0. The molecule has 1 aliphatic carbocycles. The molecule has 3 nitrogen and oxygen atoms in total. The topological polar surface area (TPSA) is 52.5 Å². The van der Waals surface area contributed by atoms with E-state index in [1.807, 2.05) is 0 Å². The van der Waals surface area contributed by atoms with E-state index in [-0.39, 0.29) is 12.0 Å². The molecule has 0 saturated heterocycles. The van der Waals surface area contributed by atoms with Crippen LogP contribution in [0.2, 0.25) is 0 Å². The van der Waals surface area contributed by atoms with E-state index in [1.165, 1.54) is 0 Å². The van der Waals surface area contributed by atoms with Crippen molar-refractivity contribution >= 4 is 0 Å². The molecule has 0 amide bonds. The van der Waals surface area contributed by atoms with Crippen LogP contribution in [-0.2, 0) is 0 Å². The predicted molar refractivity (Wildman–Crippen MR) is 75.6 cm³/mol. The Labute approximate surface area is 112 Å². The summed E-state index contributed by atoms with van der Waals surface area (Å²) in [5.41, 5.74) is -0.534. The lowest BCUT2D eigenvalue weighted by Gasteiger charge is -2.37. The molecule has 1 fully saturated rings. The molecule has 0 radical (unpaired) electrons. The summed E-state index contributed by atoms with van der Waals surface area (Å²) in [5, 5.41) is 23.4. The second-order valence-electron chi connectivity index (χ2n) is 6.38. The Hall–Kier alpha value is -0.120. The maximum atomic E-state index is 10.5. The predicted octanol–water partition coefficient (Wildman–Crippen LogP) is 2.32. The zero-order valence-electron chi connectivity index (χ0n) is 12.3. The summed E-state index contributed by atoms with van der Waals surface area (Å²) in [7, 11) is 0. The molecular weight excluding hydrogens is 226 g/mol. The standard InChI is InChI=1S/C15H31NO2/c1-4-14(5-2,12-17)10-16-11-15(18)8-6-13(3)7-9-15/h13,16-18H,4-12H2,1-3H3. The third-order valence-corrected chi connectivity index (χ3v) is 4.99. The first-order valence-corrected chi connectivity index (χ1v) is 7.53. The molecule has 1 rings (SSSR count). The van der Waals surface area contributed by atoms with Crippen LogP contribution >= 0.6 is 0 Å². The van der Waals surface area contributed by atoms with Crippen molar-refractivity contribution in [1.29, 1.82) is 0 Å². The molecule has 0 bridgehead atoms. The van der Waals surface area contributed by atoms with Gasteiger partial charge >= 0.3 is 0 Å². The van der Waals surface area contributed by atoms with E-state index in [9.17, 15) is 10.2 Å². The van der Waals surface area contributed by atoms with Gasteiger partial charge in [-0.25, -0.2) is 0 Å². The van der Waals surface area contributed by atoms with Gasteiger partial charge in [0.15, 0.2) is 0 Å². The van der Waals surface area contributed by atoms with Crippen molar-refractivity contribution in [2.24, 2.45) is 11.3 Å². The Kier molecular flexibility index (Phi) is 6.09. The van der Waals surface area contributed by atoms with Gasteiger partial charge in [-0.3, -0.25) is 0 Å². The normalized spacial score (nSPS) is 29.5. The molecule has 18 heavy (non-hydrogen) atoms. The Morgan fingerprint density at radius 2 is 1.78 bits per heavy atom. The first-order chi connectivity index (χ1) is 8.49. The highest BCUT2D eigenvalue weighted by atomic mass is 16.3. The lowest BCUT2D eigenvalue weighted by molar-refractivity contribution is -0.00989. The third-order valence-electron chi connectivity index (χ3n) is 4.99. The van der Waals surface area contributed by atoms with Crippen LogP contribution in [0.25, 0.3) is 0 Å². The summed E-state index contributed by atoms with van der Waals surface area (Å²) in [5.74, 6) is 0.757. The number of nitrogens with one attached hydrogen (secondary N) is 1. The lowest BCUT2D eigenvalue weighted by atomic mass is 9.79. The molecule has 1 saturated carbocycles. The van der Waals surface area contributed by atoms with E-state index in [2.05, 4.69) is 26.1 Å². The molecule has 0 unspecified atom stereocenters. The second kappa shape index (κ2) is 6.88. The van der Waals surface area contributed by atoms with Crippen LogP contribution in [0, 0.1) is 11.3 Å². The van der Waals surface area contributed by atoms with E-state index < -0.39 is 5.60 Å². The van der Waals surface area contributed by atoms with Gasteiger partial charge in [-0.15, -0.1) is 0 Å². The van der Waals surface area contributed by atoms with E-state index in [0.29, 0.717) is 6.54 Å². The molecule has 0 atom stereocenters. The maximum Gasteiger partial charge on any atom is 0.0771 e. The largest absolute Gasteiger partial charge is 0.396 e. The Balaban J connectivity index is 2.36. The van der Waals surface area contributed by atoms with Gasteiger partial charge in [-0.2, -0.15) is 0 Å². The van der Waals surface area contributed by atoms with Crippen molar-refractivity contribution in [2.75, 3.05) is 19.7 Å². The maximum absolute atomic E-state index is 10.5. The number of hydrogen-bond donors (Lipinski definition) is 3. The summed E-state index contributed by atoms with van der Waals surface area (Å²) in [6.45, 7) is 8.20. The first-order valence-electron chi connectivity index (χ1n) is 7.53. The number of hydrogen-bond acceptors (Lipinski definition) is 3. The fraction of sp³-hybridized carbons (Fsp3) is 1.00. The smallest absolute Gasteiger partial charge is 0.0771 e. The van der Waals surface area contributed by atoms with E-state index >= 15 is 0 Å². The highest BCUT2D eigenvalue weighted by Gasteiger charge is 2.32. The second-order valence-corrected chi connectivity index (χ2v) is 6.38. The van der Waals surface area contributed by atoms with Crippen LogP contribution in [0.5, 0.6) is 0 Å². The summed E-state index contributed by atoms with van der Waals surface area (Å²) in [6, 6.07) is 0. The van der Waals surface area contributed by atoms with Crippen LogP contribution < -0.4 is 5.32 Å². The van der Waals surface area contributed by atoms with Crippen molar-refractivity contribution in [3.05, 3.63) is 0 Å². The molecule has 0 spiro atoms. The quantitative estimate of drug-likeness (QED) is 0.656. The van der Waals surface area contributed by atoms with Crippen LogP contribution in [0.4, 0.5) is 0 Å². The minimum atomic E-state index is -0.519. The number of aliphatic hydroxyl groups excluding tert-OH is 1. The van der Waals surface area contributed by atoms with Crippen molar-refractivity contribution in [2.45, 2.75) is 64.9 Å². The van der Waals surface area contributed by atoms with Crippen LogP contribution in [0.3, 0.4) is 0 Å². The molecule has 3 N–H and O–H groups in total. The van der Waals surface area contributed by atoms with E-state index in [0.717, 1.165) is 51.0 Å². The highest BCUT2D eigenvalue weighted by molar-refractivity contribution is 4.88. The molecule has 3 heteroatoms. The van der Waals surface area contributed by atoms with Gasteiger partial charge in [0.2, 0.25) is 0 Å². The summed E-state index contributed by atoms with van der Waals surface area (Å²) in [6.07, 6.45) is 6.03. The van der Waals surface area contributed by atoms with Crippen LogP contribution in [0.15, 0.2) is 0 Å². The zero-order chi connectivity index (χ0) is 13.6. The van der Waals surface area contributed by atoms with Crippen molar-refractivity contribution in [3.8, 4) is 0 Å². The minimum absolute atomic E-state index is 0.0156. The molecule has 1 aliphatic rings. The Morgan fingerprint density at radius 3 is 2.22 bits per heavy atom. The monoisotopic (exact) mass is 257 g/mol. The van der Waals surface area contributed by atoms with Gasteiger partial charge in [0.25, 0.3) is 0 Å². The lowest BCUT2D eigenvalue weighted by Crippen LogP contribution is -2.47. The third kappa shape index (κ3) is 4.22. The molecule has 0 aliphatic heterocycles.